The molecule has 1 heterocycles. The SMILES string of the molecule is BC(B)(B)N[C@@H](CC)C(B)(B)c1ccc2c(c1)OCO2. The van der Waals surface area contributed by atoms with Gasteiger partial charge in [-0.15, -0.1) is 0 Å². The van der Waals surface area contributed by atoms with Crippen LogP contribution in [0.5, 0.6) is 11.5 Å². The number of rotatable bonds is 5. The van der Waals surface area contributed by atoms with Crippen molar-refractivity contribution in [3.63, 3.8) is 0 Å². The van der Waals surface area contributed by atoms with E-state index in [1.165, 1.54) is 5.56 Å². The Morgan fingerprint density at radius 1 is 1.15 bits per heavy atom. The molecule has 0 aromatic heterocycles. The molecule has 0 unspecified atom stereocenters. The molecule has 3 nitrogen and oxygen atoms in total. The van der Waals surface area contributed by atoms with E-state index in [4.69, 9.17) is 9.47 Å². The average Bonchev–Trinajstić information content (AvgIpc) is 2.81. The highest BCUT2D eigenvalue weighted by molar-refractivity contribution is 6.59. The number of hydrogen-bond acceptors (Lipinski definition) is 3. The van der Waals surface area contributed by atoms with Crippen LogP contribution >= 0.6 is 0 Å². The number of nitrogens with one attached hydrogen (secondary N) is 1. The smallest absolute Gasteiger partial charge is 0.231 e. The highest BCUT2D eigenvalue weighted by Crippen LogP contribution is 2.36. The first-order chi connectivity index (χ1) is 9.24. The molecule has 1 aliphatic heterocycles. The maximum absolute atomic E-state index is 5.51. The molecule has 0 saturated heterocycles. The van der Waals surface area contributed by atoms with Crippen LogP contribution in [0.15, 0.2) is 18.2 Å². The molecule has 1 aromatic carbocycles. The molecule has 0 bridgehead atoms. The van der Waals surface area contributed by atoms with Crippen molar-refractivity contribution in [1.82, 2.24) is 5.32 Å². The largest absolute Gasteiger partial charge is 0.454 e. The number of benzene rings is 1. The van der Waals surface area contributed by atoms with E-state index in [0.29, 0.717) is 12.8 Å². The molecule has 20 heavy (non-hydrogen) atoms. The second kappa shape index (κ2) is 5.47. The first-order valence-corrected chi connectivity index (χ1v) is 7.42. The van der Waals surface area contributed by atoms with Crippen LogP contribution in [0.4, 0.5) is 0 Å². The van der Waals surface area contributed by atoms with Crippen LogP contribution in [0.25, 0.3) is 0 Å². The molecule has 0 aliphatic carbocycles. The molecular weight excluding hydrogens is 244 g/mol. The summed E-state index contributed by atoms with van der Waals surface area (Å²) >= 11 is 0. The van der Waals surface area contributed by atoms with Crippen molar-refractivity contribution >= 4 is 39.2 Å². The first-order valence-electron chi connectivity index (χ1n) is 7.42. The van der Waals surface area contributed by atoms with E-state index >= 15 is 0 Å². The Labute approximate surface area is 126 Å². The molecule has 1 aliphatic rings. The van der Waals surface area contributed by atoms with Gasteiger partial charge in [0.2, 0.25) is 6.79 Å². The third-order valence-corrected chi connectivity index (χ3v) is 4.00. The third kappa shape index (κ3) is 3.22. The van der Waals surface area contributed by atoms with Gasteiger partial charge in [-0.05, 0) is 23.8 Å². The lowest BCUT2D eigenvalue weighted by atomic mass is 9.44. The summed E-state index contributed by atoms with van der Waals surface area (Å²) in [5, 5.41) is 3.88. The fourth-order valence-corrected chi connectivity index (χ4v) is 2.81. The van der Waals surface area contributed by atoms with Crippen LogP contribution in [-0.4, -0.2) is 57.3 Å². The Morgan fingerprint density at radius 3 is 2.40 bits per heavy atom. The van der Waals surface area contributed by atoms with Gasteiger partial charge in [-0.1, -0.05) is 23.8 Å². The van der Waals surface area contributed by atoms with Gasteiger partial charge in [-0.2, -0.15) is 0 Å². The second-order valence-electron chi connectivity index (χ2n) is 7.14. The van der Waals surface area contributed by atoms with Gasteiger partial charge in [0.25, 0.3) is 0 Å². The van der Waals surface area contributed by atoms with Crippen LogP contribution < -0.4 is 14.8 Å². The number of ether oxygens (including phenoxy) is 2. The lowest BCUT2D eigenvalue weighted by molar-refractivity contribution is 0.174. The molecule has 1 aromatic rings. The summed E-state index contributed by atoms with van der Waals surface area (Å²) in [6.07, 6.45) is 1.08. The Bertz CT molecular complexity index is 489. The van der Waals surface area contributed by atoms with E-state index in [9.17, 15) is 0 Å². The quantitative estimate of drug-likeness (QED) is 0.567. The summed E-state index contributed by atoms with van der Waals surface area (Å²) < 4.78 is 10.9. The molecule has 102 valence electrons. The van der Waals surface area contributed by atoms with Crippen molar-refractivity contribution in [3.8, 4) is 11.5 Å². The zero-order valence-corrected chi connectivity index (χ0v) is 13.5. The third-order valence-electron chi connectivity index (χ3n) is 4.00. The Hall–Kier alpha value is -0.895. The van der Waals surface area contributed by atoms with E-state index in [2.05, 4.69) is 63.6 Å². The average molecular weight is 266 g/mol. The van der Waals surface area contributed by atoms with Crippen molar-refractivity contribution in [2.45, 2.75) is 29.8 Å². The van der Waals surface area contributed by atoms with E-state index in [-0.39, 0.29) is 10.5 Å². The normalized spacial score (nSPS) is 16.1. The van der Waals surface area contributed by atoms with Gasteiger partial charge in [0.05, 0.1) is 0 Å². The van der Waals surface area contributed by atoms with Gasteiger partial charge in [0.15, 0.2) is 11.5 Å². The topological polar surface area (TPSA) is 30.5 Å². The lowest BCUT2D eigenvalue weighted by Crippen LogP contribution is -2.59. The first kappa shape index (κ1) is 15.5. The van der Waals surface area contributed by atoms with Crippen LogP contribution in [0, 0.1) is 0 Å². The highest BCUT2D eigenvalue weighted by atomic mass is 16.7. The minimum atomic E-state index is 0.0308. The molecule has 0 radical (unpaired) electrons. The molecule has 0 spiro atoms. The highest BCUT2D eigenvalue weighted by Gasteiger charge is 2.33. The molecule has 8 heteroatoms. The van der Waals surface area contributed by atoms with E-state index in [0.717, 1.165) is 17.9 Å². The van der Waals surface area contributed by atoms with Crippen molar-refractivity contribution in [2.24, 2.45) is 0 Å². The van der Waals surface area contributed by atoms with Gasteiger partial charge in [-0.25, -0.2) is 0 Å². The fourth-order valence-electron chi connectivity index (χ4n) is 2.81. The van der Waals surface area contributed by atoms with Gasteiger partial charge >= 0.3 is 0 Å². The summed E-state index contributed by atoms with van der Waals surface area (Å²) in [6, 6.07) is 6.70. The van der Waals surface area contributed by atoms with Crippen molar-refractivity contribution in [2.75, 3.05) is 6.79 Å². The van der Waals surface area contributed by atoms with Gasteiger partial charge in [0.1, 0.15) is 39.2 Å². The Kier molecular flexibility index (Phi) is 4.24. The monoisotopic (exact) mass is 267 g/mol. The minimum absolute atomic E-state index is 0.0308. The zero-order valence-electron chi connectivity index (χ0n) is 13.5. The molecule has 0 fully saturated rings. The van der Waals surface area contributed by atoms with Crippen LogP contribution in [0.1, 0.15) is 18.9 Å². The molecule has 1 atom stereocenters. The zero-order chi connectivity index (χ0) is 15.0. The maximum atomic E-state index is 5.51. The molecule has 0 saturated carbocycles. The summed E-state index contributed by atoms with van der Waals surface area (Å²) in [5.74, 6) is 1.71. The standard InChI is InChI=1S/C12H22B5NO2/c1-2-10(18-12(15,16)17)11(13,14)7-3-4-8-9(5-7)20-6-19-8/h3-5,10,18H,2,6,13-17H2,1H3/t10-/m0/s1. The molecule has 0 amide bonds. The lowest BCUT2D eigenvalue weighted by Gasteiger charge is -2.40. The van der Waals surface area contributed by atoms with E-state index in [1.54, 1.807) is 0 Å². The molecular formula is C12H22B5NO2. The van der Waals surface area contributed by atoms with Crippen LogP contribution in [0.2, 0.25) is 0 Å². The van der Waals surface area contributed by atoms with Gasteiger partial charge in [-0.3, -0.25) is 0 Å². The van der Waals surface area contributed by atoms with Crippen molar-refractivity contribution in [1.29, 1.82) is 0 Å². The van der Waals surface area contributed by atoms with Gasteiger partial charge < -0.3 is 14.8 Å². The predicted molar refractivity (Wildman–Crippen MR) is 96.9 cm³/mol. The summed E-state index contributed by atoms with van der Waals surface area (Å²) in [4.78, 5) is 0. The minimum Gasteiger partial charge on any atom is -0.454 e. The molecule has 1 N–H and O–H groups in total. The summed E-state index contributed by atoms with van der Waals surface area (Å²) in [7, 11) is 11.2. The molecule has 2 rings (SSSR count). The van der Waals surface area contributed by atoms with E-state index in [1.807, 2.05) is 6.07 Å². The van der Waals surface area contributed by atoms with Gasteiger partial charge in [0, 0.05) is 6.04 Å². The summed E-state index contributed by atoms with van der Waals surface area (Å²) in [6.45, 7) is 2.56. The second-order valence-corrected chi connectivity index (χ2v) is 7.14. The Balaban J connectivity index is 2.28. The number of hydrogen-bond donors (Lipinski definition) is 1. The predicted octanol–water partition coefficient (Wildman–Crippen LogP) is -3.29. The summed E-state index contributed by atoms with van der Waals surface area (Å²) in [5.41, 5.74) is 1.28. The van der Waals surface area contributed by atoms with Crippen LogP contribution in [0.3, 0.4) is 0 Å². The maximum Gasteiger partial charge on any atom is 0.231 e. The Morgan fingerprint density at radius 2 is 1.80 bits per heavy atom. The van der Waals surface area contributed by atoms with Crippen molar-refractivity contribution < 1.29 is 9.47 Å². The number of fused-ring (bicyclic) bond motifs is 1. The van der Waals surface area contributed by atoms with Crippen LogP contribution in [-0.2, 0) is 5.21 Å². The fraction of sp³-hybridized carbons (Fsp3) is 0.500. The van der Waals surface area contributed by atoms with E-state index < -0.39 is 0 Å². The van der Waals surface area contributed by atoms with Crippen molar-refractivity contribution in [3.05, 3.63) is 23.8 Å².